The van der Waals surface area contributed by atoms with Crippen LogP contribution >= 0.6 is 0 Å². The summed E-state index contributed by atoms with van der Waals surface area (Å²) in [6, 6.07) is -0.140. The third-order valence-electron chi connectivity index (χ3n) is 9.61. The van der Waals surface area contributed by atoms with E-state index in [-0.39, 0.29) is 18.6 Å². The van der Waals surface area contributed by atoms with Crippen molar-refractivity contribution in [3.05, 3.63) is 0 Å². The van der Waals surface area contributed by atoms with E-state index in [1.807, 2.05) is 0 Å². The number of likely N-dealkylation sites (tertiary alicyclic amines) is 1. The van der Waals surface area contributed by atoms with E-state index in [0.29, 0.717) is 24.7 Å². The predicted octanol–water partition coefficient (Wildman–Crippen LogP) is 2.96. The summed E-state index contributed by atoms with van der Waals surface area (Å²) >= 11 is 0. The van der Waals surface area contributed by atoms with Gasteiger partial charge in [0.15, 0.2) is 0 Å². The van der Waals surface area contributed by atoms with Crippen molar-refractivity contribution in [3.63, 3.8) is 0 Å². The fourth-order valence-electron chi connectivity index (χ4n) is 8.48. The first-order chi connectivity index (χ1) is 14.2. The lowest BCUT2D eigenvalue weighted by atomic mass is 9.26. The van der Waals surface area contributed by atoms with Crippen molar-refractivity contribution in [2.24, 2.45) is 28.1 Å². The van der Waals surface area contributed by atoms with Gasteiger partial charge in [0, 0.05) is 30.3 Å². The third kappa shape index (κ3) is 2.48. The number of nitrogens with zero attached hydrogens (tertiary/aromatic N) is 1. The van der Waals surface area contributed by atoms with Crippen LogP contribution in [0.3, 0.4) is 0 Å². The van der Waals surface area contributed by atoms with Gasteiger partial charge in [0.1, 0.15) is 5.60 Å². The molecule has 3 saturated carbocycles. The highest BCUT2D eigenvalue weighted by Crippen LogP contribution is 2.87. The summed E-state index contributed by atoms with van der Waals surface area (Å²) in [5.74, 6) is 0.353. The van der Waals surface area contributed by atoms with Crippen molar-refractivity contribution in [3.8, 4) is 0 Å². The van der Waals surface area contributed by atoms with Crippen molar-refractivity contribution in [1.82, 2.24) is 4.90 Å². The Labute approximate surface area is 185 Å². The number of ether oxygens (including phenoxy) is 2. The first-order valence-electron chi connectivity index (χ1n) is 11.1. The number of esters is 1. The lowest BCUT2D eigenvalue weighted by Crippen LogP contribution is -2.85. The van der Waals surface area contributed by atoms with Crippen LogP contribution in [-0.4, -0.2) is 63.0 Å². The quantitative estimate of drug-likeness (QED) is 0.473. The lowest BCUT2D eigenvalue weighted by molar-refractivity contribution is -0.367. The van der Waals surface area contributed by atoms with E-state index in [4.69, 9.17) is 13.7 Å². The van der Waals surface area contributed by atoms with E-state index >= 15 is 0 Å². The Hall–Kier alpha value is -1.35. The summed E-state index contributed by atoms with van der Waals surface area (Å²) in [5, 5.41) is 0. The van der Waals surface area contributed by atoms with Gasteiger partial charge in [-0.25, -0.2) is 4.79 Å². The molecule has 1 heterocycles. The molecule has 4 rings (SSSR count). The molecule has 0 aromatic carbocycles. The summed E-state index contributed by atoms with van der Waals surface area (Å²) in [6.45, 7) is 10.3. The second-order valence-corrected chi connectivity index (χ2v) is 12.4. The third-order valence-corrected chi connectivity index (χ3v) is 10.2. The molecule has 1 aliphatic heterocycles. The molecule has 9 heteroatoms. The fraction of sp³-hybridized carbons (Fsp3) is 0.909. The van der Waals surface area contributed by atoms with Gasteiger partial charge in [0.2, 0.25) is 0 Å². The highest BCUT2D eigenvalue weighted by molar-refractivity contribution is 7.86. The normalized spacial score (nSPS) is 45.7. The van der Waals surface area contributed by atoms with Crippen LogP contribution in [0.2, 0.25) is 0 Å². The molecule has 0 radical (unpaired) electrons. The predicted molar refractivity (Wildman–Crippen MR) is 113 cm³/mol. The van der Waals surface area contributed by atoms with Crippen molar-refractivity contribution < 1.29 is 31.7 Å². The molecule has 0 bridgehead atoms. The lowest BCUT2D eigenvalue weighted by Gasteiger charge is -2.78. The van der Waals surface area contributed by atoms with Crippen LogP contribution in [0.25, 0.3) is 0 Å². The maximum atomic E-state index is 12.9. The molecular weight excluding hydrogens is 422 g/mol. The highest BCUT2D eigenvalue weighted by Gasteiger charge is 2.95. The summed E-state index contributed by atoms with van der Waals surface area (Å²) in [6.07, 6.45) is 2.60. The van der Waals surface area contributed by atoms with Gasteiger partial charge in [-0.2, -0.15) is 8.42 Å². The largest absolute Gasteiger partial charge is 0.458 e. The van der Waals surface area contributed by atoms with Crippen LogP contribution in [0.1, 0.15) is 60.3 Å². The van der Waals surface area contributed by atoms with E-state index in [9.17, 15) is 18.0 Å². The number of hydrogen-bond donors (Lipinski definition) is 0. The zero-order valence-corrected chi connectivity index (χ0v) is 20.4. The average molecular weight is 458 g/mol. The standard InChI is InChI=1S/C22H35NO7S/c1-13(2)15-10-16-20(5)19(4,11-15)22(29-14(3)24)9-8-17(30-31(7,26)27)21(20,22)12-23(16)18(25)28-6/h13,15-17H,8-12H2,1-7H3/t15-,16+,17+,19-,20+,21-,22-/m0/s1. The highest BCUT2D eigenvalue weighted by atomic mass is 32.2. The maximum absolute atomic E-state index is 12.9. The van der Waals surface area contributed by atoms with E-state index in [1.54, 1.807) is 4.90 Å². The smallest absolute Gasteiger partial charge is 0.409 e. The Morgan fingerprint density at radius 2 is 1.84 bits per heavy atom. The molecular formula is C22H35NO7S. The average Bonchev–Trinajstić information content (AvgIpc) is 3.08. The monoisotopic (exact) mass is 457 g/mol. The molecule has 1 saturated heterocycles. The molecule has 3 aliphatic carbocycles. The van der Waals surface area contributed by atoms with Gasteiger partial charge in [0.05, 0.1) is 24.9 Å². The Morgan fingerprint density at radius 1 is 1.19 bits per heavy atom. The molecule has 0 aromatic heterocycles. The molecule has 0 unspecified atom stereocenters. The number of carbonyl (C=O) groups excluding carboxylic acids is 2. The van der Waals surface area contributed by atoms with Crippen molar-refractivity contribution in [2.45, 2.75) is 78.0 Å². The SMILES string of the molecule is COC(=O)N1C[C@@]23[C@H](OS(C)(=O)=O)CC[C@]2(OC(C)=O)[C@@]2(C)C[C@@H](C(C)C)C[C@@H]1[C@]23C. The maximum Gasteiger partial charge on any atom is 0.409 e. The van der Waals surface area contributed by atoms with Crippen molar-refractivity contribution in [1.29, 1.82) is 0 Å². The van der Waals surface area contributed by atoms with Crippen molar-refractivity contribution in [2.75, 3.05) is 19.9 Å². The van der Waals surface area contributed by atoms with E-state index in [0.717, 1.165) is 19.1 Å². The van der Waals surface area contributed by atoms with Gasteiger partial charge in [-0.3, -0.25) is 8.98 Å². The number of rotatable bonds is 4. The van der Waals surface area contributed by atoms with Crippen LogP contribution in [-0.2, 0) is 28.6 Å². The van der Waals surface area contributed by atoms with Gasteiger partial charge < -0.3 is 14.4 Å². The van der Waals surface area contributed by atoms with Gasteiger partial charge in [-0.1, -0.05) is 27.7 Å². The molecule has 31 heavy (non-hydrogen) atoms. The number of carbonyl (C=O) groups is 2. The molecule has 7 atom stereocenters. The molecule has 0 aromatic rings. The number of hydrogen-bond acceptors (Lipinski definition) is 7. The first kappa shape index (κ1) is 22.8. The Kier molecular flexibility index (Phi) is 4.85. The molecule has 4 aliphatic rings. The second-order valence-electron chi connectivity index (χ2n) is 10.8. The fourth-order valence-corrected chi connectivity index (χ4v) is 9.16. The van der Waals surface area contributed by atoms with E-state index < -0.39 is 44.2 Å². The van der Waals surface area contributed by atoms with Crippen LogP contribution < -0.4 is 0 Å². The van der Waals surface area contributed by atoms with Crippen LogP contribution in [0.5, 0.6) is 0 Å². The van der Waals surface area contributed by atoms with Gasteiger partial charge in [-0.15, -0.1) is 0 Å². The zero-order chi connectivity index (χ0) is 23.2. The molecule has 4 fully saturated rings. The van der Waals surface area contributed by atoms with Gasteiger partial charge in [-0.05, 0) is 37.5 Å². The molecule has 0 N–H and O–H groups in total. The van der Waals surface area contributed by atoms with Crippen LogP contribution in [0.15, 0.2) is 0 Å². The summed E-state index contributed by atoms with van der Waals surface area (Å²) < 4.78 is 41.4. The van der Waals surface area contributed by atoms with E-state index in [2.05, 4.69) is 27.7 Å². The van der Waals surface area contributed by atoms with Crippen LogP contribution in [0, 0.1) is 28.1 Å². The topological polar surface area (TPSA) is 99.2 Å². The number of amides is 1. The minimum absolute atomic E-state index is 0.140. The van der Waals surface area contributed by atoms with E-state index in [1.165, 1.54) is 14.0 Å². The Morgan fingerprint density at radius 3 is 2.35 bits per heavy atom. The zero-order valence-electron chi connectivity index (χ0n) is 19.6. The Balaban J connectivity index is 1.94. The van der Waals surface area contributed by atoms with Crippen LogP contribution in [0.4, 0.5) is 4.79 Å². The molecule has 1 amide bonds. The molecule has 1 spiro atoms. The number of fused-ring (bicyclic) bond motifs is 1. The van der Waals surface area contributed by atoms with Crippen molar-refractivity contribution >= 4 is 22.2 Å². The summed E-state index contributed by atoms with van der Waals surface area (Å²) in [5.41, 5.74) is -2.57. The Bertz CT molecular complexity index is 919. The minimum atomic E-state index is -3.74. The summed E-state index contributed by atoms with van der Waals surface area (Å²) in [7, 11) is -2.38. The van der Waals surface area contributed by atoms with Gasteiger partial charge >= 0.3 is 12.1 Å². The summed E-state index contributed by atoms with van der Waals surface area (Å²) in [4.78, 5) is 27.0. The molecule has 176 valence electrons. The minimum Gasteiger partial charge on any atom is -0.458 e. The first-order valence-corrected chi connectivity index (χ1v) is 12.9. The van der Waals surface area contributed by atoms with Gasteiger partial charge in [0.25, 0.3) is 10.1 Å². The second kappa shape index (κ2) is 6.59. The molecule has 8 nitrogen and oxygen atoms in total. The number of methoxy groups -OCH3 is 1.